The highest BCUT2D eigenvalue weighted by Gasteiger charge is 2.21. The fourth-order valence-corrected chi connectivity index (χ4v) is 2.61. The monoisotopic (exact) mass is 324 g/mol. The number of carbonyl (C=O) groups is 1. The van der Waals surface area contributed by atoms with Crippen LogP contribution in [0.1, 0.15) is 5.56 Å². The number of halogens is 3. The molecule has 0 saturated carbocycles. The Labute approximate surface area is 126 Å². The summed E-state index contributed by atoms with van der Waals surface area (Å²) in [6.07, 6.45) is 0. The number of hydrogen-bond donors (Lipinski definition) is 2. The zero-order valence-corrected chi connectivity index (χ0v) is 12.1. The van der Waals surface area contributed by atoms with Crippen molar-refractivity contribution in [3.05, 3.63) is 29.8 Å². The van der Waals surface area contributed by atoms with Gasteiger partial charge in [0.1, 0.15) is 5.75 Å². The number of ether oxygens (including phenoxy) is 1. The van der Waals surface area contributed by atoms with E-state index in [4.69, 9.17) is 0 Å². The number of thioether (sulfide) groups is 1. The maximum Gasteiger partial charge on any atom is 0.387 e. The fraction of sp³-hybridized carbons (Fsp3) is 0.417. The molecule has 8 heteroatoms. The number of carbonyl (C=O) groups excluding carboxylic acids is 1. The molecule has 1 amide bonds. The number of hydrogen-bond acceptors (Lipinski definition) is 4. The summed E-state index contributed by atoms with van der Waals surface area (Å²) in [6.45, 7) is -2.45. The number of amides is 1. The Bertz CT molecular complexity index is 428. The molecule has 1 aliphatic rings. The third kappa shape index (κ3) is 5.15. The zero-order valence-electron chi connectivity index (χ0n) is 10.5. The van der Waals surface area contributed by atoms with E-state index in [1.165, 1.54) is 12.1 Å². The van der Waals surface area contributed by atoms with Crippen LogP contribution in [0, 0.1) is 0 Å². The Kier molecular flexibility index (Phi) is 7.04. The lowest BCUT2D eigenvalue weighted by Crippen LogP contribution is -2.41. The van der Waals surface area contributed by atoms with Crippen molar-refractivity contribution in [2.75, 3.05) is 11.6 Å². The molecule has 1 aliphatic heterocycles. The second-order valence-electron chi connectivity index (χ2n) is 4.01. The molecule has 0 bridgehead atoms. The van der Waals surface area contributed by atoms with Crippen LogP contribution in [0.2, 0.25) is 0 Å². The summed E-state index contributed by atoms with van der Waals surface area (Å²) < 4.78 is 28.2. The zero-order chi connectivity index (χ0) is 13.7. The number of nitrogens with one attached hydrogen (secondary N) is 2. The van der Waals surface area contributed by atoms with Crippen molar-refractivity contribution in [2.24, 2.45) is 0 Å². The quantitative estimate of drug-likeness (QED) is 0.869. The Morgan fingerprint density at radius 2 is 2.15 bits per heavy atom. The third-order valence-corrected chi connectivity index (χ3v) is 3.59. The summed E-state index contributed by atoms with van der Waals surface area (Å²) in [5.74, 6) is 1.63. The van der Waals surface area contributed by atoms with Crippen LogP contribution in [-0.2, 0) is 11.3 Å². The van der Waals surface area contributed by atoms with Gasteiger partial charge in [-0.25, -0.2) is 0 Å². The van der Waals surface area contributed by atoms with Crippen LogP contribution in [0.25, 0.3) is 0 Å². The van der Waals surface area contributed by atoms with Crippen LogP contribution in [0.15, 0.2) is 24.3 Å². The maximum absolute atomic E-state index is 12.0. The van der Waals surface area contributed by atoms with Gasteiger partial charge in [-0.3, -0.25) is 10.1 Å². The molecular formula is C12H15ClF2N2O2S. The van der Waals surface area contributed by atoms with E-state index in [1.807, 2.05) is 0 Å². The molecule has 1 fully saturated rings. The molecule has 1 heterocycles. The minimum Gasteiger partial charge on any atom is -0.435 e. The molecule has 0 radical (unpaired) electrons. The van der Waals surface area contributed by atoms with Crippen molar-refractivity contribution in [3.8, 4) is 5.75 Å². The van der Waals surface area contributed by atoms with E-state index in [1.54, 1.807) is 23.9 Å². The summed E-state index contributed by atoms with van der Waals surface area (Å²) in [7, 11) is 0. The van der Waals surface area contributed by atoms with Gasteiger partial charge in [0.15, 0.2) is 0 Å². The molecule has 1 saturated heterocycles. The molecule has 20 heavy (non-hydrogen) atoms. The summed E-state index contributed by atoms with van der Waals surface area (Å²) >= 11 is 1.68. The summed E-state index contributed by atoms with van der Waals surface area (Å²) in [5.41, 5.74) is 0.834. The molecule has 2 N–H and O–H groups in total. The third-order valence-electron chi connectivity index (χ3n) is 2.65. The molecule has 112 valence electrons. The first-order valence-corrected chi connectivity index (χ1v) is 6.93. The minimum atomic E-state index is -2.82. The van der Waals surface area contributed by atoms with Crippen LogP contribution in [0.4, 0.5) is 8.78 Å². The Morgan fingerprint density at radius 3 is 2.70 bits per heavy atom. The SMILES string of the molecule is Cl.O=C(NCc1ccc(OC(F)F)cc1)C1CSCN1. The highest BCUT2D eigenvalue weighted by molar-refractivity contribution is 7.99. The Balaban J connectivity index is 0.00000200. The average Bonchev–Trinajstić information content (AvgIpc) is 2.91. The average molecular weight is 325 g/mol. The molecular weight excluding hydrogens is 310 g/mol. The molecule has 0 aliphatic carbocycles. The van der Waals surface area contributed by atoms with Crippen molar-refractivity contribution >= 4 is 30.1 Å². The van der Waals surface area contributed by atoms with E-state index < -0.39 is 6.61 Å². The first-order valence-electron chi connectivity index (χ1n) is 5.78. The van der Waals surface area contributed by atoms with Gasteiger partial charge in [0, 0.05) is 18.2 Å². The molecule has 1 aromatic carbocycles. The van der Waals surface area contributed by atoms with Crippen LogP contribution >= 0.6 is 24.2 Å². The first kappa shape index (κ1) is 17.0. The standard InChI is InChI=1S/C12H14F2N2O2S.ClH/c13-12(14)18-9-3-1-8(2-4-9)5-15-11(17)10-6-19-7-16-10;/h1-4,10,12,16H,5-7H2,(H,15,17);1H. The molecule has 0 spiro atoms. The Morgan fingerprint density at radius 1 is 1.45 bits per heavy atom. The summed E-state index contributed by atoms with van der Waals surface area (Å²) in [5, 5.41) is 5.87. The Hall–Kier alpha value is -1.05. The highest BCUT2D eigenvalue weighted by Crippen LogP contribution is 2.15. The van der Waals surface area contributed by atoms with Gasteiger partial charge in [-0.05, 0) is 17.7 Å². The van der Waals surface area contributed by atoms with Gasteiger partial charge in [0.25, 0.3) is 0 Å². The molecule has 2 rings (SSSR count). The van der Waals surface area contributed by atoms with Crippen LogP contribution < -0.4 is 15.4 Å². The van der Waals surface area contributed by atoms with E-state index in [9.17, 15) is 13.6 Å². The van der Waals surface area contributed by atoms with Gasteiger partial charge in [-0.15, -0.1) is 24.2 Å². The van der Waals surface area contributed by atoms with Crippen molar-refractivity contribution < 1.29 is 18.3 Å². The number of rotatable bonds is 5. The number of benzene rings is 1. The minimum absolute atomic E-state index is 0. The van der Waals surface area contributed by atoms with E-state index in [0.29, 0.717) is 6.54 Å². The van der Waals surface area contributed by atoms with Crippen molar-refractivity contribution in [3.63, 3.8) is 0 Å². The van der Waals surface area contributed by atoms with Gasteiger partial charge in [-0.1, -0.05) is 12.1 Å². The van der Waals surface area contributed by atoms with Crippen LogP contribution in [-0.4, -0.2) is 30.2 Å². The predicted molar refractivity (Wildman–Crippen MR) is 76.4 cm³/mol. The smallest absolute Gasteiger partial charge is 0.387 e. The van der Waals surface area contributed by atoms with Gasteiger partial charge in [0.05, 0.1) is 6.04 Å². The topological polar surface area (TPSA) is 50.4 Å². The molecule has 4 nitrogen and oxygen atoms in total. The second kappa shape index (κ2) is 8.28. The van der Waals surface area contributed by atoms with E-state index >= 15 is 0 Å². The molecule has 0 aromatic heterocycles. The van der Waals surface area contributed by atoms with Crippen molar-refractivity contribution in [1.29, 1.82) is 0 Å². The van der Waals surface area contributed by atoms with E-state index in [-0.39, 0.29) is 30.1 Å². The maximum atomic E-state index is 12.0. The largest absolute Gasteiger partial charge is 0.435 e. The molecule has 1 atom stereocenters. The lowest BCUT2D eigenvalue weighted by Gasteiger charge is -2.11. The van der Waals surface area contributed by atoms with E-state index in [2.05, 4.69) is 15.4 Å². The predicted octanol–water partition coefficient (Wildman–Crippen LogP) is 1.99. The normalized spacial score (nSPS) is 17.6. The first-order chi connectivity index (χ1) is 9.15. The van der Waals surface area contributed by atoms with Gasteiger partial charge < -0.3 is 10.1 Å². The summed E-state index contributed by atoms with van der Waals surface area (Å²) in [4.78, 5) is 11.7. The van der Waals surface area contributed by atoms with Gasteiger partial charge in [0.2, 0.25) is 5.91 Å². The van der Waals surface area contributed by atoms with Crippen molar-refractivity contribution in [2.45, 2.75) is 19.2 Å². The highest BCUT2D eigenvalue weighted by atomic mass is 35.5. The van der Waals surface area contributed by atoms with Gasteiger partial charge >= 0.3 is 6.61 Å². The van der Waals surface area contributed by atoms with Crippen LogP contribution in [0.3, 0.4) is 0 Å². The lowest BCUT2D eigenvalue weighted by molar-refractivity contribution is -0.122. The van der Waals surface area contributed by atoms with E-state index in [0.717, 1.165) is 17.2 Å². The molecule has 1 unspecified atom stereocenters. The fourth-order valence-electron chi connectivity index (χ4n) is 1.66. The molecule has 1 aromatic rings. The van der Waals surface area contributed by atoms with Crippen LogP contribution in [0.5, 0.6) is 5.75 Å². The van der Waals surface area contributed by atoms with Gasteiger partial charge in [-0.2, -0.15) is 8.78 Å². The summed E-state index contributed by atoms with van der Waals surface area (Å²) in [6, 6.07) is 6.06. The second-order valence-corrected chi connectivity index (χ2v) is 5.04. The number of alkyl halides is 2. The lowest BCUT2D eigenvalue weighted by atomic mass is 10.2. The van der Waals surface area contributed by atoms with Crippen molar-refractivity contribution in [1.82, 2.24) is 10.6 Å².